The minimum absolute atomic E-state index is 0.159. The van der Waals surface area contributed by atoms with Crippen molar-refractivity contribution in [2.75, 3.05) is 11.1 Å². The van der Waals surface area contributed by atoms with Crippen LogP contribution in [0.3, 0.4) is 0 Å². The Bertz CT molecular complexity index is 539. The van der Waals surface area contributed by atoms with Gasteiger partial charge in [0.2, 0.25) is 0 Å². The molecule has 1 atom stereocenters. The normalized spacial score (nSPS) is 12.4. The number of nitrogens with one attached hydrogen (secondary N) is 1. The highest BCUT2D eigenvalue weighted by molar-refractivity contribution is 9.10. The van der Waals surface area contributed by atoms with Crippen LogP contribution in [0.2, 0.25) is 0 Å². The Morgan fingerprint density at radius 1 is 1.50 bits per heavy atom. The van der Waals surface area contributed by atoms with Gasteiger partial charge in [0.25, 0.3) is 0 Å². The molecule has 0 radical (unpaired) electrons. The molecule has 96 valence electrons. The SMILES string of the molecule is CCc1cnc(C(C)Nc2cc(Br)ccc2N)s1. The van der Waals surface area contributed by atoms with Crippen molar-refractivity contribution in [2.24, 2.45) is 0 Å². The Balaban J connectivity index is 2.15. The molecule has 0 saturated heterocycles. The largest absolute Gasteiger partial charge is 0.397 e. The number of anilines is 2. The topological polar surface area (TPSA) is 50.9 Å². The summed E-state index contributed by atoms with van der Waals surface area (Å²) in [6, 6.07) is 5.97. The molecule has 1 aromatic carbocycles. The number of nitrogens with zero attached hydrogens (tertiary/aromatic N) is 1. The fourth-order valence-electron chi connectivity index (χ4n) is 1.63. The number of thiazole rings is 1. The van der Waals surface area contributed by atoms with Crippen LogP contribution in [0, 0.1) is 0 Å². The molecule has 0 fully saturated rings. The maximum atomic E-state index is 5.95. The van der Waals surface area contributed by atoms with Crippen molar-refractivity contribution in [3.8, 4) is 0 Å². The highest BCUT2D eigenvalue weighted by Crippen LogP contribution is 2.29. The standard InChI is InChI=1S/C13H16BrN3S/c1-3-10-7-16-13(18-10)8(2)17-12-6-9(14)4-5-11(12)15/h4-8,17H,3,15H2,1-2H3. The zero-order valence-corrected chi connectivity index (χ0v) is 12.8. The van der Waals surface area contributed by atoms with E-state index in [0.29, 0.717) is 0 Å². The van der Waals surface area contributed by atoms with Crippen molar-refractivity contribution in [3.63, 3.8) is 0 Å². The second-order valence-corrected chi connectivity index (χ2v) is 6.18. The fourth-order valence-corrected chi connectivity index (χ4v) is 2.86. The Morgan fingerprint density at radius 2 is 2.28 bits per heavy atom. The molecule has 5 heteroatoms. The third kappa shape index (κ3) is 3.03. The van der Waals surface area contributed by atoms with Crippen molar-refractivity contribution in [2.45, 2.75) is 26.3 Å². The molecule has 1 aromatic heterocycles. The zero-order chi connectivity index (χ0) is 13.1. The third-order valence-electron chi connectivity index (χ3n) is 2.68. The Morgan fingerprint density at radius 3 is 2.94 bits per heavy atom. The van der Waals surface area contributed by atoms with Gasteiger partial charge in [0.15, 0.2) is 0 Å². The minimum Gasteiger partial charge on any atom is -0.397 e. The predicted octanol–water partition coefficient (Wildman–Crippen LogP) is 4.22. The van der Waals surface area contributed by atoms with E-state index in [4.69, 9.17) is 5.73 Å². The molecule has 0 spiro atoms. The molecule has 2 rings (SSSR count). The number of nitrogen functional groups attached to an aromatic ring is 1. The zero-order valence-electron chi connectivity index (χ0n) is 10.4. The molecular formula is C13H16BrN3S. The van der Waals surface area contributed by atoms with Gasteiger partial charge >= 0.3 is 0 Å². The first-order valence-electron chi connectivity index (χ1n) is 5.86. The van der Waals surface area contributed by atoms with Crippen molar-refractivity contribution >= 4 is 38.6 Å². The number of aryl methyl sites for hydroxylation is 1. The van der Waals surface area contributed by atoms with Crippen LogP contribution in [0.15, 0.2) is 28.9 Å². The highest BCUT2D eigenvalue weighted by Gasteiger charge is 2.11. The summed E-state index contributed by atoms with van der Waals surface area (Å²) in [5.74, 6) is 0. The summed E-state index contributed by atoms with van der Waals surface area (Å²) >= 11 is 5.19. The van der Waals surface area contributed by atoms with Crippen LogP contribution in [0.4, 0.5) is 11.4 Å². The van der Waals surface area contributed by atoms with Gasteiger partial charge < -0.3 is 11.1 Å². The van der Waals surface area contributed by atoms with Gasteiger partial charge in [-0.25, -0.2) is 4.98 Å². The lowest BCUT2D eigenvalue weighted by Gasteiger charge is -2.15. The fraction of sp³-hybridized carbons (Fsp3) is 0.308. The van der Waals surface area contributed by atoms with E-state index in [9.17, 15) is 0 Å². The molecule has 0 bridgehead atoms. The van der Waals surface area contributed by atoms with Crippen molar-refractivity contribution < 1.29 is 0 Å². The van der Waals surface area contributed by atoms with Crippen molar-refractivity contribution in [1.82, 2.24) is 4.98 Å². The van der Waals surface area contributed by atoms with E-state index in [1.54, 1.807) is 11.3 Å². The lowest BCUT2D eigenvalue weighted by atomic mass is 10.2. The molecule has 18 heavy (non-hydrogen) atoms. The first-order valence-corrected chi connectivity index (χ1v) is 7.47. The van der Waals surface area contributed by atoms with E-state index >= 15 is 0 Å². The summed E-state index contributed by atoms with van der Waals surface area (Å²) in [4.78, 5) is 5.75. The average Bonchev–Trinajstić information content (AvgIpc) is 2.82. The molecule has 3 N–H and O–H groups in total. The molecule has 0 amide bonds. The molecular weight excluding hydrogens is 310 g/mol. The predicted molar refractivity (Wildman–Crippen MR) is 82.1 cm³/mol. The highest BCUT2D eigenvalue weighted by atomic mass is 79.9. The summed E-state index contributed by atoms with van der Waals surface area (Å²) < 4.78 is 1.01. The van der Waals surface area contributed by atoms with E-state index in [2.05, 4.69) is 40.1 Å². The molecule has 0 saturated carbocycles. The van der Waals surface area contributed by atoms with E-state index in [0.717, 1.165) is 27.3 Å². The summed E-state index contributed by atoms with van der Waals surface area (Å²) in [6.45, 7) is 4.24. The summed E-state index contributed by atoms with van der Waals surface area (Å²) in [7, 11) is 0. The number of benzene rings is 1. The average molecular weight is 326 g/mol. The molecule has 3 nitrogen and oxygen atoms in total. The second-order valence-electron chi connectivity index (χ2n) is 4.12. The monoisotopic (exact) mass is 325 g/mol. The van der Waals surface area contributed by atoms with E-state index < -0.39 is 0 Å². The van der Waals surface area contributed by atoms with Gasteiger partial charge in [0.05, 0.1) is 17.4 Å². The first-order chi connectivity index (χ1) is 8.60. The second kappa shape index (κ2) is 5.71. The van der Waals surface area contributed by atoms with E-state index in [1.807, 2.05) is 24.4 Å². The lowest BCUT2D eigenvalue weighted by Crippen LogP contribution is -2.07. The number of hydrogen-bond acceptors (Lipinski definition) is 4. The Hall–Kier alpha value is -1.07. The number of halogens is 1. The molecule has 0 aliphatic rings. The van der Waals surface area contributed by atoms with E-state index in [1.165, 1.54) is 4.88 Å². The molecule has 2 aromatic rings. The number of nitrogens with two attached hydrogens (primary N) is 1. The molecule has 0 aliphatic carbocycles. The minimum atomic E-state index is 0.159. The lowest BCUT2D eigenvalue weighted by molar-refractivity contribution is 0.870. The Labute approximate surface area is 120 Å². The van der Waals surface area contributed by atoms with Gasteiger partial charge in [-0.05, 0) is 31.5 Å². The van der Waals surface area contributed by atoms with Crippen LogP contribution in [-0.4, -0.2) is 4.98 Å². The molecule has 1 heterocycles. The van der Waals surface area contributed by atoms with Crippen LogP contribution < -0.4 is 11.1 Å². The summed E-state index contributed by atoms with van der Waals surface area (Å²) in [5.41, 5.74) is 7.63. The smallest absolute Gasteiger partial charge is 0.115 e. The van der Waals surface area contributed by atoms with Gasteiger partial charge in [0, 0.05) is 15.5 Å². The quantitative estimate of drug-likeness (QED) is 0.827. The maximum absolute atomic E-state index is 5.95. The van der Waals surface area contributed by atoms with Gasteiger partial charge in [-0.2, -0.15) is 0 Å². The number of hydrogen-bond donors (Lipinski definition) is 2. The van der Waals surface area contributed by atoms with Crippen LogP contribution in [0.5, 0.6) is 0 Å². The van der Waals surface area contributed by atoms with Gasteiger partial charge in [0.1, 0.15) is 5.01 Å². The Kier molecular flexibility index (Phi) is 4.24. The molecule has 1 unspecified atom stereocenters. The van der Waals surface area contributed by atoms with Gasteiger partial charge in [-0.15, -0.1) is 11.3 Å². The van der Waals surface area contributed by atoms with Crippen molar-refractivity contribution in [3.05, 3.63) is 38.8 Å². The first kappa shape index (κ1) is 13.4. The van der Waals surface area contributed by atoms with E-state index in [-0.39, 0.29) is 6.04 Å². The van der Waals surface area contributed by atoms with Crippen LogP contribution in [0.1, 0.15) is 29.8 Å². The van der Waals surface area contributed by atoms with Crippen LogP contribution in [-0.2, 0) is 6.42 Å². The summed E-state index contributed by atoms with van der Waals surface area (Å²) in [5, 5.41) is 4.49. The summed E-state index contributed by atoms with van der Waals surface area (Å²) in [6.07, 6.45) is 2.98. The van der Waals surface area contributed by atoms with Crippen LogP contribution in [0.25, 0.3) is 0 Å². The van der Waals surface area contributed by atoms with Crippen LogP contribution >= 0.6 is 27.3 Å². The number of rotatable bonds is 4. The van der Waals surface area contributed by atoms with Crippen molar-refractivity contribution in [1.29, 1.82) is 0 Å². The maximum Gasteiger partial charge on any atom is 0.115 e. The van der Waals surface area contributed by atoms with Gasteiger partial charge in [-0.3, -0.25) is 0 Å². The molecule has 0 aliphatic heterocycles. The van der Waals surface area contributed by atoms with Gasteiger partial charge in [-0.1, -0.05) is 22.9 Å². The number of aromatic nitrogens is 1. The third-order valence-corrected chi connectivity index (χ3v) is 4.50.